The summed E-state index contributed by atoms with van der Waals surface area (Å²) in [4.78, 5) is 12.5. The van der Waals surface area contributed by atoms with Crippen molar-refractivity contribution in [2.45, 2.75) is 106 Å². The van der Waals surface area contributed by atoms with E-state index >= 15 is 0 Å². The number of hydrogen-bond donors (Lipinski definition) is 1. The Labute approximate surface area is 197 Å². The van der Waals surface area contributed by atoms with E-state index in [2.05, 4.69) is 48.5 Å². The predicted molar refractivity (Wildman–Crippen MR) is 131 cm³/mol. The second-order valence-corrected chi connectivity index (χ2v) is 14.0. The Hall–Kier alpha value is -0.630. The molecular formula is C30H48O2. The van der Waals surface area contributed by atoms with Crippen LogP contribution in [-0.4, -0.2) is 17.5 Å². The van der Waals surface area contributed by atoms with Crippen LogP contribution < -0.4 is 0 Å². The molecule has 32 heavy (non-hydrogen) atoms. The maximum atomic E-state index is 12.5. The molecule has 0 aromatic rings. The summed E-state index contributed by atoms with van der Waals surface area (Å²) in [6.45, 7) is 17.5. The van der Waals surface area contributed by atoms with Gasteiger partial charge in [-0.05, 0) is 121 Å². The number of hydrogen-bond acceptors (Lipinski definition) is 2. The van der Waals surface area contributed by atoms with E-state index < -0.39 is 0 Å². The van der Waals surface area contributed by atoms with Gasteiger partial charge in [-0.2, -0.15) is 0 Å². The summed E-state index contributed by atoms with van der Waals surface area (Å²) >= 11 is 0. The number of aliphatic hydroxyl groups is 1. The Morgan fingerprint density at radius 2 is 1.66 bits per heavy atom. The molecular weight excluding hydrogens is 392 g/mol. The van der Waals surface area contributed by atoms with Gasteiger partial charge in [0.2, 0.25) is 0 Å². The van der Waals surface area contributed by atoms with E-state index in [1.54, 1.807) is 0 Å². The zero-order valence-corrected chi connectivity index (χ0v) is 21.8. The lowest BCUT2D eigenvalue weighted by atomic mass is 9.52. The molecule has 2 nitrogen and oxygen atoms in total. The molecule has 11 atom stereocenters. The molecule has 4 fully saturated rings. The van der Waals surface area contributed by atoms with Gasteiger partial charge in [0.15, 0.2) is 0 Å². The summed E-state index contributed by atoms with van der Waals surface area (Å²) in [6, 6.07) is 0. The van der Waals surface area contributed by atoms with Gasteiger partial charge in [-0.15, -0.1) is 0 Å². The van der Waals surface area contributed by atoms with Gasteiger partial charge in [-0.1, -0.05) is 54.0 Å². The van der Waals surface area contributed by atoms with Crippen molar-refractivity contribution in [3.05, 3.63) is 11.1 Å². The molecule has 0 unspecified atom stereocenters. The fourth-order valence-corrected chi connectivity index (χ4v) is 10.4. The third-order valence-electron chi connectivity index (χ3n) is 12.8. The van der Waals surface area contributed by atoms with Gasteiger partial charge in [-0.3, -0.25) is 4.79 Å². The molecule has 0 saturated heterocycles. The molecule has 0 radical (unpaired) electrons. The van der Waals surface area contributed by atoms with Crippen molar-refractivity contribution < 1.29 is 9.90 Å². The van der Waals surface area contributed by atoms with Crippen molar-refractivity contribution in [2.75, 3.05) is 0 Å². The molecule has 0 aromatic heterocycles. The summed E-state index contributed by atoms with van der Waals surface area (Å²) in [5, 5.41) is 10.4. The zero-order chi connectivity index (χ0) is 23.2. The van der Waals surface area contributed by atoms with Gasteiger partial charge in [-0.25, -0.2) is 0 Å². The van der Waals surface area contributed by atoms with Gasteiger partial charge in [0.1, 0.15) is 6.29 Å². The number of carbonyl (C=O) groups is 1. The van der Waals surface area contributed by atoms with Crippen LogP contribution in [0.4, 0.5) is 0 Å². The highest BCUT2D eigenvalue weighted by Gasteiger charge is 2.65. The standard InChI is InChI=1S/C30H48O2/c1-17(2)19(4)30(7)15-26(30)18(3)22-8-9-23-27-21(16-31)25-14-20(32)10-12-29(25,6)24(27)11-13-28(22,23)5/h16-20,22-24,26-27,32H,8-15H2,1-7H3/t18-,19+,20-,22+,23-,24-,26+,27-,28+,29+,30-/m0/s1. The average Bonchev–Trinajstić information content (AvgIpc) is 3.21. The lowest BCUT2D eigenvalue weighted by Gasteiger charge is -2.52. The van der Waals surface area contributed by atoms with Crippen molar-refractivity contribution >= 4 is 6.29 Å². The smallest absolute Gasteiger partial charge is 0.146 e. The third-order valence-corrected chi connectivity index (χ3v) is 12.8. The van der Waals surface area contributed by atoms with Gasteiger partial charge in [0, 0.05) is 0 Å². The number of allylic oxidation sites excluding steroid dienone is 1. The highest BCUT2D eigenvalue weighted by Crippen LogP contribution is 2.72. The molecule has 0 heterocycles. The number of carbonyl (C=O) groups excluding carboxylic acids is 1. The summed E-state index contributed by atoms with van der Waals surface area (Å²) in [6.07, 6.45) is 10.4. The van der Waals surface area contributed by atoms with E-state index in [0.29, 0.717) is 28.6 Å². The minimum absolute atomic E-state index is 0.160. The first-order chi connectivity index (χ1) is 15.0. The van der Waals surface area contributed by atoms with Crippen LogP contribution in [0.5, 0.6) is 0 Å². The fraction of sp³-hybridized carbons (Fsp3) is 0.900. The van der Waals surface area contributed by atoms with Crippen molar-refractivity contribution in [3.63, 3.8) is 0 Å². The minimum Gasteiger partial charge on any atom is -0.393 e. The van der Waals surface area contributed by atoms with Crippen LogP contribution in [0.2, 0.25) is 0 Å². The Bertz CT molecular complexity index is 812. The van der Waals surface area contributed by atoms with Crippen molar-refractivity contribution in [1.82, 2.24) is 0 Å². The molecule has 0 amide bonds. The van der Waals surface area contributed by atoms with E-state index in [1.807, 2.05) is 0 Å². The third kappa shape index (κ3) is 2.96. The lowest BCUT2D eigenvalue weighted by Crippen LogP contribution is -2.46. The first kappa shape index (κ1) is 23.1. The predicted octanol–water partition coefficient (Wildman–Crippen LogP) is 7.06. The second kappa shape index (κ2) is 7.43. The van der Waals surface area contributed by atoms with E-state index in [0.717, 1.165) is 54.4 Å². The maximum absolute atomic E-state index is 12.5. The Balaban J connectivity index is 1.42. The molecule has 180 valence electrons. The van der Waals surface area contributed by atoms with Crippen LogP contribution in [0, 0.1) is 63.6 Å². The van der Waals surface area contributed by atoms with E-state index in [4.69, 9.17) is 0 Å². The molecule has 5 aliphatic rings. The van der Waals surface area contributed by atoms with Crippen LogP contribution in [0.25, 0.3) is 0 Å². The number of aldehydes is 1. The van der Waals surface area contributed by atoms with Gasteiger partial charge in [0.25, 0.3) is 0 Å². The molecule has 0 aliphatic heterocycles. The maximum Gasteiger partial charge on any atom is 0.146 e. The Morgan fingerprint density at radius 1 is 0.938 bits per heavy atom. The molecule has 0 bridgehead atoms. The van der Waals surface area contributed by atoms with Crippen LogP contribution >= 0.6 is 0 Å². The van der Waals surface area contributed by atoms with E-state index in [-0.39, 0.29) is 11.5 Å². The van der Waals surface area contributed by atoms with Crippen molar-refractivity contribution in [1.29, 1.82) is 0 Å². The van der Waals surface area contributed by atoms with Crippen LogP contribution in [-0.2, 0) is 4.79 Å². The number of fused-ring (bicyclic) bond motifs is 5. The Kier molecular flexibility index (Phi) is 5.37. The monoisotopic (exact) mass is 440 g/mol. The summed E-state index contributed by atoms with van der Waals surface area (Å²) < 4.78 is 0. The van der Waals surface area contributed by atoms with Crippen molar-refractivity contribution in [3.8, 4) is 0 Å². The highest BCUT2D eigenvalue weighted by atomic mass is 16.3. The first-order valence-corrected chi connectivity index (χ1v) is 13.9. The fourth-order valence-electron chi connectivity index (χ4n) is 10.4. The van der Waals surface area contributed by atoms with Crippen LogP contribution in [0.1, 0.15) is 99.8 Å². The van der Waals surface area contributed by atoms with Gasteiger partial charge >= 0.3 is 0 Å². The van der Waals surface area contributed by atoms with Gasteiger partial charge < -0.3 is 5.11 Å². The Morgan fingerprint density at radius 3 is 2.31 bits per heavy atom. The number of rotatable bonds is 5. The SMILES string of the molecule is CC(C)[C@@H](C)[C@]1(C)C[C@@H]1[C@@H](C)[C@H]1CC[C@H]2[C@@H]3C(C=O)=C4C[C@@H](O)CC[C@]4(C)[C@H]3CC[C@]12C. The van der Waals surface area contributed by atoms with E-state index in [1.165, 1.54) is 44.0 Å². The highest BCUT2D eigenvalue weighted by molar-refractivity contribution is 5.78. The van der Waals surface area contributed by atoms with Gasteiger partial charge in [0.05, 0.1) is 6.10 Å². The second-order valence-electron chi connectivity index (χ2n) is 14.0. The zero-order valence-electron chi connectivity index (χ0n) is 21.8. The average molecular weight is 441 g/mol. The van der Waals surface area contributed by atoms with E-state index in [9.17, 15) is 9.90 Å². The molecule has 2 heteroatoms. The minimum atomic E-state index is -0.244. The first-order valence-electron chi connectivity index (χ1n) is 13.9. The largest absolute Gasteiger partial charge is 0.393 e. The normalized spacial score (nSPS) is 51.8. The molecule has 5 aliphatic carbocycles. The summed E-state index contributed by atoms with van der Waals surface area (Å²) in [5.41, 5.74) is 3.55. The molecule has 0 aromatic carbocycles. The molecule has 5 rings (SSSR count). The van der Waals surface area contributed by atoms with Crippen molar-refractivity contribution in [2.24, 2.45) is 63.6 Å². The quantitative estimate of drug-likeness (QED) is 0.465. The summed E-state index contributed by atoms with van der Waals surface area (Å²) in [7, 11) is 0. The summed E-state index contributed by atoms with van der Waals surface area (Å²) in [5.74, 6) is 5.78. The number of aliphatic hydroxyl groups excluding tert-OH is 1. The topological polar surface area (TPSA) is 37.3 Å². The molecule has 0 spiro atoms. The lowest BCUT2D eigenvalue weighted by molar-refractivity contribution is -0.106. The van der Waals surface area contributed by atoms with Crippen LogP contribution in [0.3, 0.4) is 0 Å². The molecule has 1 N–H and O–H groups in total. The molecule has 4 saturated carbocycles. The van der Waals surface area contributed by atoms with Crippen LogP contribution in [0.15, 0.2) is 11.1 Å².